The molecule has 1 unspecified atom stereocenters. The lowest BCUT2D eigenvalue weighted by atomic mass is 9.91. The van der Waals surface area contributed by atoms with Crippen LogP contribution in [0.15, 0.2) is 114 Å². The summed E-state index contributed by atoms with van der Waals surface area (Å²) in [7, 11) is 0. The van der Waals surface area contributed by atoms with Gasteiger partial charge in [0.1, 0.15) is 30.8 Å². The van der Waals surface area contributed by atoms with Gasteiger partial charge in [0.2, 0.25) is 5.91 Å². The second-order valence-electron chi connectivity index (χ2n) is 14.6. The van der Waals surface area contributed by atoms with Crippen LogP contribution in [0.2, 0.25) is 10.0 Å². The van der Waals surface area contributed by atoms with Gasteiger partial charge in [-0.05, 0) is 101 Å². The first-order valence-corrected chi connectivity index (χ1v) is 19.8. The molecule has 3 atom stereocenters. The van der Waals surface area contributed by atoms with Crippen LogP contribution in [0.25, 0.3) is 11.1 Å². The molecule has 0 radical (unpaired) electrons. The number of amides is 1. The Morgan fingerprint density at radius 3 is 2.32 bits per heavy atom. The third kappa shape index (κ3) is 9.08. The number of hydrogen-bond donors (Lipinski definition) is 2. The zero-order valence-corrected chi connectivity index (χ0v) is 33.5. The van der Waals surface area contributed by atoms with E-state index in [0.29, 0.717) is 59.2 Å². The third-order valence-corrected chi connectivity index (χ3v) is 11.5. The molecule has 12 heteroatoms. The highest BCUT2D eigenvalue weighted by molar-refractivity contribution is 6.42. The Hall–Kier alpha value is -6.25. The maximum absolute atomic E-state index is 14.1. The predicted octanol–water partition coefficient (Wildman–Crippen LogP) is 8.77. The molecular weight excluding hydrogens is 789 g/mol. The number of carbonyl (C=O) groups excluding carboxylic acids is 1. The largest absolute Gasteiger partial charge is 0.489 e. The Morgan fingerprint density at radius 1 is 0.932 bits per heavy atom. The van der Waals surface area contributed by atoms with Crippen molar-refractivity contribution < 1.29 is 33.4 Å². The Bertz CT molecular complexity index is 2530. The maximum atomic E-state index is 14.1. The van der Waals surface area contributed by atoms with Crippen LogP contribution in [0.3, 0.4) is 0 Å². The second-order valence-corrected chi connectivity index (χ2v) is 15.5. The number of fused-ring (bicyclic) bond motifs is 2. The van der Waals surface area contributed by atoms with Gasteiger partial charge in [0.25, 0.3) is 0 Å². The molecule has 6 aromatic rings. The van der Waals surface area contributed by atoms with Gasteiger partial charge in [0, 0.05) is 30.6 Å². The van der Waals surface area contributed by atoms with Gasteiger partial charge in [-0.15, -0.1) is 6.42 Å². The number of nitrogens with one attached hydrogen (secondary N) is 1. The highest BCUT2D eigenvalue weighted by atomic mass is 35.5. The van der Waals surface area contributed by atoms with Gasteiger partial charge < -0.3 is 29.2 Å². The van der Waals surface area contributed by atoms with Crippen LogP contribution in [-0.4, -0.2) is 45.7 Å². The second kappa shape index (κ2) is 17.3. The van der Waals surface area contributed by atoms with Crippen molar-refractivity contribution in [3.63, 3.8) is 0 Å². The van der Waals surface area contributed by atoms with E-state index < -0.39 is 18.1 Å². The molecule has 1 amide bonds. The molecule has 3 heterocycles. The summed E-state index contributed by atoms with van der Waals surface area (Å²) in [5, 5.41) is 18.0. The van der Waals surface area contributed by atoms with Crippen LogP contribution >= 0.6 is 23.2 Å². The molecule has 5 aromatic carbocycles. The molecule has 1 aromatic heterocycles. The van der Waals surface area contributed by atoms with Crippen molar-refractivity contribution in [3.05, 3.63) is 164 Å². The summed E-state index contributed by atoms with van der Waals surface area (Å²) in [6.45, 7) is 3.21. The minimum Gasteiger partial charge on any atom is -0.489 e. The molecular formula is C47H39Cl2N3O7. The first-order chi connectivity index (χ1) is 28.6. The average molecular weight is 829 g/mol. The molecule has 0 bridgehead atoms. The van der Waals surface area contributed by atoms with Crippen molar-refractivity contribution in [2.75, 3.05) is 6.61 Å². The Labute approximate surface area is 351 Å². The number of halogens is 2. The van der Waals surface area contributed by atoms with Gasteiger partial charge in [0.05, 0.1) is 22.3 Å². The van der Waals surface area contributed by atoms with Gasteiger partial charge in [-0.2, -0.15) is 0 Å². The zero-order chi connectivity index (χ0) is 41.0. The molecule has 298 valence electrons. The van der Waals surface area contributed by atoms with Crippen molar-refractivity contribution in [1.29, 1.82) is 0 Å². The van der Waals surface area contributed by atoms with Crippen LogP contribution < -0.4 is 19.5 Å². The van der Waals surface area contributed by atoms with Crippen LogP contribution in [-0.2, 0) is 42.1 Å². The average Bonchev–Trinajstić information content (AvgIpc) is 3.66. The van der Waals surface area contributed by atoms with Gasteiger partial charge in [-0.25, -0.2) is 4.79 Å². The fourth-order valence-corrected chi connectivity index (χ4v) is 7.68. The Balaban J connectivity index is 0.957. The molecule has 2 aliphatic rings. The molecule has 0 saturated heterocycles. The lowest BCUT2D eigenvalue weighted by Crippen LogP contribution is -2.54. The number of carboxylic acids is 1. The summed E-state index contributed by atoms with van der Waals surface area (Å²) >= 11 is 12.2. The highest BCUT2D eigenvalue weighted by Gasteiger charge is 2.36. The minimum atomic E-state index is -1.15. The van der Waals surface area contributed by atoms with Crippen LogP contribution in [0.4, 0.5) is 0 Å². The van der Waals surface area contributed by atoms with E-state index in [4.69, 9.17) is 48.4 Å². The number of carboxylic acid groups (broad SMARTS) is 1. The number of ether oxygens (including phenoxy) is 3. The number of hydrogen-bond acceptors (Lipinski definition) is 8. The topological polar surface area (TPSA) is 123 Å². The van der Waals surface area contributed by atoms with Gasteiger partial charge >= 0.3 is 5.97 Å². The number of rotatable bonds is 12. The van der Waals surface area contributed by atoms with E-state index in [1.54, 1.807) is 18.3 Å². The highest BCUT2D eigenvalue weighted by Crippen LogP contribution is 2.41. The molecule has 0 spiro atoms. The molecule has 8 rings (SSSR count). The van der Waals surface area contributed by atoms with Crippen molar-refractivity contribution in [2.45, 2.75) is 57.6 Å². The van der Waals surface area contributed by atoms with Crippen molar-refractivity contribution in [3.8, 4) is 40.7 Å². The predicted molar refractivity (Wildman–Crippen MR) is 224 cm³/mol. The van der Waals surface area contributed by atoms with Gasteiger partial charge in [-0.3, -0.25) is 9.69 Å². The number of carbonyl (C=O) groups is 2. The molecule has 59 heavy (non-hydrogen) atoms. The monoisotopic (exact) mass is 827 g/mol. The number of aliphatic carboxylic acids is 1. The summed E-state index contributed by atoms with van der Waals surface area (Å²) in [4.78, 5) is 28.7. The maximum Gasteiger partial charge on any atom is 0.326 e. The summed E-state index contributed by atoms with van der Waals surface area (Å²) in [6.07, 6.45) is 7.22. The zero-order valence-electron chi connectivity index (χ0n) is 32.0. The molecule has 2 aliphatic heterocycles. The van der Waals surface area contributed by atoms with E-state index in [1.807, 2.05) is 103 Å². The standard InChI is InChI=1S/C47H39Cl2N3O7/c1-3-29-4-9-32(10-5-29)33-11-6-30(7-12-33)19-41(47(54)55)51-46(53)42-20-35-21-43-44(22-36(35)24-52(42)25-37-23-50-59-28(37)2)58-45(27-57-43)34-13-15-38(16-14-34)56-26-31-8-17-39(48)40(49)18-31/h1,4-18,21-23,41-42,45H,19-20,24-27H2,2H3,(H,51,53)(H,54,55)/t41-,42-,45?/m0/s1. The fraction of sp³-hybridized carbons (Fsp3) is 0.213. The van der Waals surface area contributed by atoms with Gasteiger partial charge in [0.15, 0.2) is 17.6 Å². The normalized spacial score (nSPS) is 16.4. The van der Waals surface area contributed by atoms with E-state index in [1.165, 1.54) is 0 Å². The number of aryl methyl sites for hydroxylation is 1. The van der Waals surface area contributed by atoms with Crippen LogP contribution in [0.1, 0.15) is 50.8 Å². The molecule has 2 N–H and O–H groups in total. The van der Waals surface area contributed by atoms with E-state index in [0.717, 1.165) is 50.1 Å². The first-order valence-electron chi connectivity index (χ1n) is 19.1. The first kappa shape index (κ1) is 39.6. The molecule has 0 aliphatic carbocycles. The van der Waals surface area contributed by atoms with Crippen molar-refractivity contribution in [1.82, 2.24) is 15.4 Å². The van der Waals surface area contributed by atoms with E-state index in [2.05, 4.69) is 16.4 Å². The quantitative estimate of drug-likeness (QED) is 0.117. The summed E-state index contributed by atoms with van der Waals surface area (Å²) in [5.74, 6) is 3.63. The third-order valence-electron chi connectivity index (χ3n) is 10.7. The van der Waals surface area contributed by atoms with Crippen LogP contribution in [0, 0.1) is 19.3 Å². The lowest BCUT2D eigenvalue weighted by molar-refractivity contribution is -0.142. The number of aromatic nitrogens is 1. The summed E-state index contributed by atoms with van der Waals surface area (Å²) < 4.78 is 24.0. The molecule has 0 saturated carbocycles. The smallest absolute Gasteiger partial charge is 0.326 e. The molecule has 0 fully saturated rings. The molecule has 10 nitrogen and oxygen atoms in total. The van der Waals surface area contributed by atoms with Crippen molar-refractivity contribution >= 4 is 35.1 Å². The summed E-state index contributed by atoms with van der Waals surface area (Å²) in [6, 6.07) is 30.4. The Morgan fingerprint density at radius 2 is 1.64 bits per heavy atom. The number of nitrogens with zero attached hydrogens (tertiary/aromatic N) is 2. The number of terminal acetylenes is 1. The van der Waals surface area contributed by atoms with E-state index in [9.17, 15) is 14.7 Å². The summed E-state index contributed by atoms with van der Waals surface area (Å²) in [5.41, 5.74) is 8.09. The van der Waals surface area contributed by atoms with E-state index in [-0.39, 0.29) is 25.0 Å². The minimum absolute atomic E-state index is 0.111. The SMILES string of the molecule is C#Cc1ccc(-c2ccc(C[C@H](NC(=O)[C@@H]3Cc4cc5c(cc4CN3Cc3cnoc3C)OC(c3ccc(OCc4ccc(Cl)c(Cl)c4)cc3)CO5)C(=O)O)cc2)cc1. The lowest BCUT2D eigenvalue weighted by Gasteiger charge is -2.37. The van der Waals surface area contributed by atoms with Crippen LogP contribution in [0.5, 0.6) is 17.2 Å². The van der Waals surface area contributed by atoms with E-state index >= 15 is 0 Å². The van der Waals surface area contributed by atoms with Crippen molar-refractivity contribution in [2.24, 2.45) is 0 Å². The fourth-order valence-electron chi connectivity index (χ4n) is 7.35. The number of benzene rings is 5. The van der Waals surface area contributed by atoms with Gasteiger partial charge in [-0.1, -0.05) is 88.9 Å². The Kier molecular flexibility index (Phi) is 11.6.